The lowest BCUT2D eigenvalue weighted by Gasteiger charge is -2.08. The van der Waals surface area contributed by atoms with Crippen LogP contribution < -0.4 is 10.1 Å². The molecule has 0 unspecified atom stereocenters. The SMILES string of the molecule is COc1cc(CNC(=O)c2ccnc(-n3ccnc3)c2)ccn1. The molecule has 3 aromatic heterocycles. The highest BCUT2D eigenvalue weighted by Crippen LogP contribution is 2.10. The van der Waals surface area contributed by atoms with Crippen molar-refractivity contribution in [2.45, 2.75) is 6.54 Å². The Kier molecular flexibility index (Phi) is 4.28. The van der Waals surface area contributed by atoms with E-state index in [9.17, 15) is 4.79 Å². The molecule has 116 valence electrons. The number of pyridine rings is 2. The van der Waals surface area contributed by atoms with E-state index in [1.54, 1.807) is 61.0 Å². The Balaban J connectivity index is 1.70. The standard InChI is InChI=1S/C16H15N5O2/c1-23-15-8-12(2-4-19-15)10-20-16(22)13-3-5-18-14(9-13)21-7-6-17-11-21/h2-9,11H,10H2,1H3,(H,20,22). The number of hydrogen-bond acceptors (Lipinski definition) is 5. The van der Waals surface area contributed by atoms with Crippen LogP contribution in [0.1, 0.15) is 15.9 Å². The van der Waals surface area contributed by atoms with Crippen LogP contribution in [0.25, 0.3) is 5.82 Å². The number of carbonyl (C=O) groups is 1. The Labute approximate surface area is 133 Å². The van der Waals surface area contributed by atoms with Crippen molar-refractivity contribution in [2.75, 3.05) is 7.11 Å². The van der Waals surface area contributed by atoms with Gasteiger partial charge in [0.15, 0.2) is 0 Å². The molecule has 3 heterocycles. The first-order chi connectivity index (χ1) is 11.3. The number of methoxy groups -OCH3 is 1. The van der Waals surface area contributed by atoms with Gasteiger partial charge in [0.2, 0.25) is 5.88 Å². The van der Waals surface area contributed by atoms with Gasteiger partial charge in [0.25, 0.3) is 5.91 Å². The van der Waals surface area contributed by atoms with Gasteiger partial charge in [-0.1, -0.05) is 0 Å². The number of aromatic nitrogens is 4. The molecule has 0 aliphatic carbocycles. The van der Waals surface area contributed by atoms with Crippen molar-refractivity contribution < 1.29 is 9.53 Å². The first kappa shape index (κ1) is 14.7. The molecule has 1 N–H and O–H groups in total. The second kappa shape index (κ2) is 6.69. The van der Waals surface area contributed by atoms with Gasteiger partial charge in [0.1, 0.15) is 12.1 Å². The summed E-state index contributed by atoms with van der Waals surface area (Å²) in [4.78, 5) is 24.5. The minimum Gasteiger partial charge on any atom is -0.481 e. The van der Waals surface area contributed by atoms with Crippen LogP contribution in [0.5, 0.6) is 5.88 Å². The Morgan fingerprint density at radius 1 is 1.22 bits per heavy atom. The molecule has 0 spiro atoms. The van der Waals surface area contributed by atoms with E-state index in [-0.39, 0.29) is 5.91 Å². The highest BCUT2D eigenvalue weighted by molar-refractivity contribution is 5.94. The van der Waals surface area contributed by atoms with E-state index < -0.39 is 0 Å². The van der Waals surface area contributed by atoms with E-state index in [0.29, 0.717) is 23.8 Å². The van der Waals surface area contributed by atoms with Gasteiger partial charge in [-0.2, -0.15) is 0 Å². The predicted molar refractivity (Wildman–Crippen MR) is 83.3 cm³/mol. The van der Waals surface area contributed by atoms with Gasteiger partial charge in [-0.3, -0.25) is 9.36 Å². The Hall–Kier alpha value is -3.22. The van der Waals surface area contributed by atoms with Crippen LogP contribution in [0, 0.1) is 0 Å². The van der Waals surface area contributed by atoms with Crippen LogP contribution >= 0.6 is 0 Å². The van der Waals surface area contributed by atoms with E-state index >= 15 is 0 Å². The van der Waals surface area contributed by atoms with Gasteiger partial charge in [-0.05, 0) is 23.8 Å². The van der Waals surface area contributed by atoms with Crippen molar-refractivity contribution in [3.05, 3.63) is 66.5 Å². The van der Waals surface area contributed by atoms with Crippen LogP contribution in [-0.4, -0.2) is 32.5 Å². The number of carbonyl (C=O) groups excluding carboxylic acids is 1. The summed E-state index contributed by atoms with van der Waals surface area (Å²) >= 11 is 0. The summed E-state index contributed by atoms with van der Waals surface area (Å²) in [5, 5.41) is 2.86. The molecular weight excluding hydrogens is 294 g/mol. The molecular formula is C16H15N5O2. The van der Waals surface area contributed by atoms with Gasteiger partial charge in [0.05, 0.1) is 7.11 Å². The number of rotatable bonds is 5. The van der Waals surface area contributed by atoms with Crippen molar-refractivity contribution in [3.8, 4) is 11.7 Å². The molecule has 7 nitrogen and oxygen atoms in total. The molecule has 0 saturated heterocycles. The molecule has 0 aliphatic heterocycles. The average molecular weight is 309 g/mol. The smallest absolute Gasteiger partial charge is 0.251 e. The lowest BCUT2D eigenvalue weighted by Crippen LogP contribution is -2.23. The number of nitrogens with one attached hydrogen (secondary N) is 1. The average Bonchev–Trinajstić information content (AvgIpc) is 3.14. The zero-order valence-electron chi connectivity index (χ0n) is 12.5. The molecule has 3 aromatic rings. The molecule has 0 fully saturated rings. The van der Waals surface area contributed by atoms with E-state index in [0.717, 1.165) is 5.56 Å². The maximum atomic E-state index is 12.3. The summed E-state index contributed by atoms with van der Waals surface area (Å²) < 4.78 is 6.80. The molecule has 3 rings (SSSR count). The third-order valence-corrected chi connectivity index (χ3v) is 3.24. The van der Waals surface area contributed by atoms with Gasteiger partial charge < -0.3 is 10.1 Å². The second-order valence-electron chi connectivity index (χ2n) is 4.76. The summed E-state index contributed by atoms with van der Waals surface area (Å²) in [6, 6.07) is 6.99. The monoisotopic (exact) mass is 309 g/mol. The molecule has 0 radical (unpaired) electrons. The molecule has 0 bridgehead atoms. The van der Waals surface area contributed by atoms with E-state index in [1.165, 1.54) is 0 Å². The minimum absolute atomic E-state index is 0.176. The van der Waals surface area contributed by atoms with Crippen LogP contribution in [0.4, 0.5) is 0 Å². The maximum absolute atomic E-state index is 12.3. The number of hydrogen-bond donors (Lipinski definition) is 1. The Morgan fingerprint density at radius 3 is 2.87 bits per heavy atom. The fourth-order valence-electron chi connectivity index (χ4n) is 2.05. The van der Waals surface area contributed by atoms with Gasteiger partial charge in [-0.25, -0.2) is 15.0 Å². The number of nitrogens with zero attached hydrogens (tertiary/aromatic N) is 4. The third kappa shape index (κ3) is 3.52. The summed E-state index contributed by atoms with van der Waals surface area (Å²) in [6.45, 7) is 0.389. The molecule has 0 saturated carbocycles. The van der Waals surface area contributed by atoms with Crippen LogP contribution in [0.2, 0.25) is 0 Å². The van der Waals surface area contributed by atoms with Crippen LogP contribution in [-0.2, 0) is 6.54 Å². The van der Waals surface area contributed by atoms with E-state index in [2.05, 4.69) is 20.3 Å². The van der Waals surface area contributed by atoms with Crippen molar-refractivity contribution in [1.29, 1.82) is 0 Å². The number of ether oxygens (including phenoxy) is 1. The largest absolute Gasteiger partial charge is 0.481 e. The first-order valence-electron chi connectivity index (χ1n) is 6.98. The lowest BCUT2D eigenvalue weighted by atomic mass is 10.2. The zero-order valence-corrected chi connectivity index (χ0v) is 12.5. The van der Waals surface area contributed by atoms with Gasteiger partial charge >= 0.3 is 0 Å². The molecule has 0 aliphatic rings. The summed E-state index contributed by atoms with van der Waals surface area (Å²) in [7, 11) is 1.55. The molecule has 0 aromatic carbocycles. The van der Waals surface area contributed by atoms with E-state index in [4.69, 9.17) is 4.74 Å². The number of imidazole rings is 1. The number of amides is 1. The van der Waals surface area contributed by atoms with Crippen LogP contribution in [0.3, 0.4) is 0 Å². The molecule has 23 heavy (non-hydrogen) atoms. The minimum atomic E-state index is -0.176. The highest BCUT2D eigenvalue weighted by atomic mass is 16.5. The molecule has 7 heteroatoms. The molecule has 0 atom stereocenters. The highest BCUT2D eigenvalue weighted by Gasteiger charge is 2.08. The fourth-order valence-corrected chi connectivity index (χ4v) is 2.05. The van der Waals surface area contributed by atoms with Crippen LogP contribution in [0.15, 0.2) is 55.4 Å². The maximum Gasteiger partial charge on any atom is 0.251 e. The Morgan fingerprint density at radius 2 is 2.09 bits per heavy atom. The lowest BCUT2D eigenvalue weighted by molar-refractivity contribution is 0.0950. The second-order valence-corrected chi connectivity index (χ2v) is 4.76. The normalized spacial score (nSPS) is 10.3. The molecule has 1 amide bonds. The topological polar surface area (TPSA) is 81.9 Å². The predicted octanol–water partition coefficient (Wildman–Crippen LogP) is 1.60. The zero-order chi connectivity index (χ0) is 16.1. The van der Waals surface area contributed by atoms with Crippen molar-refractivity contribution in [3.63, 3.8) is 0 Å². The summed E-state index contributed by atoms with van der Waals surface area (Å²) in [5.74, 6) is 0.980. The van der Waals surface area contributed by atoms with Crippen molar-refractivity contribution in [1.82, 2.24) is 24.8 Å². The summed E-state index contributed by atoms with van der Waals surface area (Å²) in [6.07, 6.45) is 8.30. The fraction of sp³-hybridized carbons (Fsp3) is 0.125. The van der Waals surface area contributed by atoms with Crippen molar-refractivity contribution >= 4 is 5.91 Å². The van der Waals surface area contributed by atoms with Gasteiger partial charge in [0, 0.05) is 43.0 Å². The summed E-state index contributed by atoms with van der Waals surface area (Å²) in [5.41, 5.74) is 1.44. The van der Waals surface area contributed by atoms with Gasteiger partial charge in [-0.15, -0.1) is 0 Å². The van der Waals surface area contributed by atoms with Crippen molar-refractivity contribution in [2.24, 2.45) is 0 Å². The Bertz CT molecular complexity index is 802. The van der Waals surface area contributed by atoms with E-state index in [1.807, 2.05) is 6.07 Å². The third-order valence-electron chi connectivity index (χ3n) is 3.24. The quantitative estimate of drug-likeness (QED) is 0.774. The first-order valence-corrected chi connectivity index (χ1v) is 6.98.